The molecular formula is C17H28O3. The fraction of sp³-hybridized carbons (Fsp3) is 0.588. The molecule has 0 aromatic carbocycles. The monoisotopic (exact) mass is 280 g/mol. The summed E-state index contributed by atoms with van der Waals surface area (Å²) in [6.45, 7) is 7.06. The summed E-state index contributed by atoms with van der Waals surface area (Å²) in [5, 5.41) is 9.72. The molecule has 20 heavy (non-hydrogen) atoms. The predicted molar refractivity (Wildman–Crippen MR) is 83.5 cm³/mol. The van der Waals surface area contributed by atoms with Gasteiger partial charge in [-0.05, 0) is 52.2 Å². The minimum Gasteiger partial charge on any atom is -0.389 e. The van der Waals surface area contributed by atoms with Gasteiger partial charge in [-0.15, -0.1) is 5.73 Å². The molecule has 1 N–H and O–H groups in total. The molecular weight excluding hydrogens is 252 g/mol. The highest BCUT2D eigenvalue weighted by Crippen LogP contribution is 2.01. The number of aliphatic hydroxyl groups excluding tert-OH is 1. The predicted octanol–water partition coefficient (Wildman–Crippen LogP) is 3.76. The molecule has 0 rings (SSSR count). The van der Waals surface area contributed by atoms with Gasteiger partial charge in [0.15, 0.2) is 6.29 Å². The molecule has 2 unspecified atom stereocenters. The Hall–Kier alpha value is -1.12. The summed E-state index contributed by atoms with van der Waals surface area (Å²) in [6, 6.07) is 0. The molecule has 0 fully saturated rings. The Morgan fingerprint density at radius 3 is 2.75 bits per heavy atom. The third kappa shape index (κ3) is 13.3. The van der Waals surface area contributed by atoms with E-state index in [-0.39, 0.29) is 6.29 Å². The van der Waals surface area contributed by atoms with E-state index in [1.807, 2.05) is 57.2 Å². The molecule has 114 valence electrons. The highest BCUT2D eigenvalue weighted by Gasteiger charge is 1.99. The molecule has 0 radical (unpaired) electrons. The first-order valence-electron chi connectivity index (χ1n) is 7.30. The lowest BCUT2D eigenvalue weighted by Gasteiger charge is -2.11. The van der Waals surface area contributed by atoms with Crippen LogP contribution >= 0.6 is 0 Å². The largest absolute Gasteiger partial charge is 0.389 e. The number of hydrogen-bond acceptors (Lipinski definition) is 3. The second-order valence-corrected chi connectivity index (χ2v) is 4.32. The number of ether oxygens (including phenoxy) is 2. The molecule has 0 aromatic heterocycles. The minimum atomic E-state index is -0.404. The molecule has 0 saturated heterocycles. The van der Waals surface area contributed by atoms with E-state index in [0.717, 1.165) is 12.8 Å². The van der Waals surface area contributed by atoms with Gasteiger partial charge in [-0.25, -0.2) is 0 Å². The molecule has 0 amide bonds. The van der Waals surface area contributed by atoms with Crippen LogP contribution in [0.3, 0.4) is 0 Å². The second kappa shape index (κ2) is 14.3. The van der Waals surface area contributed by atoms with Crippen molar-refractivity contribution in [3.8, 4) is 0 Å². The maximum absolute atomic E-state index is 9.72. The third-order valence-electron chi connectivity index (χ3n) is 2.51. The quantitative estimate of drug-likeness (QED) is 0.206. The van der Waals surface area contributed by atoms with Crippen LogP contribution in [0.2, 0.25) is 0 Å². The molecule has 2 atom stereocenters. The van der Waals surface area contributed by atoms with Crippen molar-refractivity contribution in [3.63, 3.8) is 0 Å². The first-order chi connectivity index (χ1) is 9.70. The summed E-state index contributed by atoms with van der Waals surface area (Å²) in [5.41, 5.74) is 3.04. The molecule has 0 heterocycles. The Labute approximate surface area is 123 Å². The topological polar surface area (TPSA) is 38.7 Å². The van der Waals surface area contributed by atoms with E-state index in [0.29, 0.717) is 19.6 Å². The molecule has 0 aromatic rings. The Morgan fingerprint density at radius 1 is 1.25 bits per heavy atom. The lowest BCUT2D eigenvalue weighted by Crippen LogP contribution is -2.13. The van der Waals surface area contributed by atoms with Gasteiger partial charge in [0.25, 0.3) is 0 Å². The Kier molecular flexibility index (Phi) is 13.5. The van der Waals surface area contributed by atoms with Gasteiger partial charge < -0.3 is 14.6 Å². The first-order valence-corrected chi connectivity index (χ1v) is 7.30. The fourth-order valence-corrected chi connectivity index (χ4v) is 1.49. The van der Waals surface area contributed by atoms with E-state index in [9.17, 15) is 5.11 Å². The Balaban J connectivity index is 3.62. The van der Waals surface area contributed by atoms with Crippen LogP contribution in [0.5, 0.6) is 0 Å². The van der Waals surface area contributed by atoms with Crippen LogP contribution in [0.25, 0.3) is 0 Å². The van der Waals surface area contributed by atoms with Crippen molar-refractivity contribution < 1.29 is 14.6 Å². The van der Waals surface area contributed by atoms with Crippen LogP contribution in [0.4, 0.5) is 0 Å². The molecule has 0 spiro atoms. The van der Waals surface area contributed by atoms with E-state index in [1.54, 1.807) is 0 Å². The van der Waals surface area contributed by atoms with Gasteiger partial charge in [0.05, 0.1) is 12.7 Å². The highest BCUT2D eigenvalue weighted by atomic mass is 16.7. The average Bonchev–Trinajstić information content (AvgIpc) is 2.42. The normalized spacial score (nSPS) is 14.4. The van der Waals surface area contributed by atoms with Gasteiger partial charge in [0, 0.05) is 6.61 Å². The maximum Gasteiger partial charge on any atom is 0.154 e. The van der Waals surface area contributed by atoms with E-state index < -0.39 is 6.10 Å². The molecule has 3 heteroatoms. The van der Waals surface area contributed by atoms with Crippen molar-refractivity contribution in [2.75, 3.05) is 13.2 Å². The van der Waals surface area contributed by atoms with Crippen molar-refractivity contribution in [1.82, 2.24) is 0 Å². The van der Waals surface area contributed by atoms with Crippen LogP contribution in [-0.4, -0.2) is 30.7 Å². The summed E-state index contributed by atoms with van der Waals surface area (Å²) in [6.07, 6.45) is 13.2. The molecule has 0 bridgehead atoms. The summed E-state index contributed by atoms with van der Waals surface area (Å²) >= 11 is 0. The van der Waals surface area contributed by atoms with Crippen LogP contribution in [0, 0.1) is 0 Å². The van der Waals surface area contributed by atoms with Gasteiger partial charge in [0.1, 0.15) is 0 Å². The summed E-state index contributed by atoms with van der Waals surface area (Å²) in [7, 11) is 0. The number of allylic oxidation sites excluding steroid dienone is 3. The van der Waals surface area contributed by atoms with Crippen LogP contribution in [0.15, 0.2) is 42.2 Å². The molecule has 3 nitrogen and oxygen atoms in total. The summed E-state index contributed by atoms with van der Waals surface area (Å²) in [4.78, 5) is 0. The minimum absolute atomic E-state index is 0.160. The van der Waals surface area contributed by atoms with Crippen molar-refractivity contribution in [3.05, 3.63) is 42.2 Å². The van der Waals surface area contributed by atoms with Crippen molar-refractivity contribution >= 4 is 0 Å². The van der Waals surface area contributed by atoms with Gasteiger partial charge in [-0.3, -0.25) is 0 Å². The highest BCUT2D eigenvalue weighted by molar-refractivity contribution is 5.01. The van der Waals surface area contributed by atoms with Crippen molar-refractivity contribution in [1.29, 1.82) is 0 Å². The standard InChI is InChI=1S/C17H28O3/c1-4-6-7-8-9-10-13-17(18)14-11-12-15-20-16(3)19-5-2/h4,6-7,9,11,14,16-18H,5,10,12-13,15H2,1-3H3/b6-4+,14-11+. The number of hydrogen-bond donors (Lipinski definition) is 1. The van der Waals surface area contributed by atoms with Gasteiger partial charge >= 0.3 is 0 Å². The smallest absolute Gasteiger partial charge is 0.154 e. The zero-order valence-corrected chi connectivity index (χ0v) is 12.9. The van der Waals surface area contributed by atoms with Gasteiger partial charge in [0.2, 0.25) is 0 Å². The van der Waals surface area contributed by atoms with E-state index in [4.69, 9.17) is 9.47 Å². The Bertz CT molecular complexity index is 325. The summed E-state index contributed by atoms with van der Waals surface area (Å²) < 4.78 is 10.7. The van der Waals surface area contributed by atoms with Crippen molar-refractivity contribution in [2.45, 2.75) is 52.4 Å². The van der Waals surface area contributed by atoms with Gasteiger partial charge in [-0.2, -0.15) is 0 Å². The zero-order valence-electron chi connectivity index (χ0n) is 12.9. The average molecular weight is 280 g/mol. The molecule has 0 aliphatic carbocycles. The Morgan fingerprint density at radius 2 is 2.05 bits per heavy atom. The zero-order chi connectivity index (χ0) is 15.1. The second-order valence-electron chi connectivity index (χ2n) is 4.32. The molecule has 0 aliphatic rings. The lowest BCUT2D eigenvalue weighted by atomic mass is 10.2. The van der Waals surface area contributed by atoms with E-state index in [2.05, 4.69) is 5.73 Å². The van der Waals surface area contributed by atoms with Crippen LogP contribution < -0.4 is 0 Å². The van der Waals surface area contributed by atoms with E-state index >= 15 is 0 Å². The van der Waals surface area contributed by atoms with Crippen LogP contribution in [-0.2, 0) is 9.47 Å². The summed E-state index contributed by atoms with van der Waals surface area (Å²) in [5.74, 6) is 0. The van der Waals surface area contributed by atoms with Crippen LogP contribution in [0.1, 0.15) is 40.0 Å². The first kappa shape index (κ1) is 18.9. The molecule has 0 saturated carbocycles. The van der Waals surface area contributed by atoms with E-state index in [1.165, 1.54) is 0 Å². The number of aliphatic hydroxyl groups is 1. The third-order valence-corrected chi connectivity index (χ3v) is 2.51. The fourth-order valence-electron chi connectivity index (χ4n) is 1.49. The number of rotatable bonds is 11. The maximum atomic E-state index is 9.72. The van der Waals surface area contributed by atoms with Gasteiger partial charge in [-0.1, -0.05) is 24.3 Å². The van der Waals surface area contributed by atoms with Crippen molar-refractivity contribution in [2.24, 2.45) is 0 Å². The molecule has 0 aliphatic heterocycles. The lowest BCUT2D eigenvalue weighted by molar-refractivity contribution is -0.125. The SMILES string of the molecule is C/C=C/C=C=CCCC(O)/C=C/CCOC(C)OCC.